The van der Waals surface area contributed by atoms with Gasteiger partial charge in [-0.15, -0.1) is 0 Å². The van der Waals surface area contributed by atoms with Crippen LogP contribution in [0.2, 0.25) is 0 Å². The Hall–Kier alpha value is -5.24. The standard InChI is InChI=1S/C31H24N2O6/c1-19-8-9-20(2)27(16-19)33-29(35)25-15-10-21(17-26(25)30(33)36)31(37)38-18-28(34)32-22-11-13-24(14-12-22)39-23-6-4-3-5-7-23/h3-17H,18H2,1-2H3,(H,32,34). The molecular formula is C31H24N2O6. The number of para-hydroxylation sites is 1. The van der Waals surface area contributed by atoms with Gasteiger partial charge in [-0.2, -0.15) is 0 Å². The average molecular weight is 521 g/mol. The summed E-state index contributed by atoms with van der Waals surface area (Å²) in [6, 6.07) is 25.7. The van der Waals surface area contributed by atoms with E-state index in [0.29, 0.717) is 22.9 Å². The monoisotopic (exact) mass is 520 g/mol. The first-order chi connectivity index (χ1) is 18.8. The van der Waals surface area contributed by atoms with Gasteiger partial charge < -0.3 is 14.8 Å². The summed E-state index contributed by atoms with van der Waals surface area (Å²) in [5.74, 6) is -0.999. The fraction of sp³-hybridized carbons (Fsp3) is 0.0968. The van der Waals surface area contributed by atoms with E-state index < -0.39 is 30.3 Å². The predicted molar refractivity (Wildman–Crippen MR) is 145 cm³/mol. The predicted octanol–water partition coefficient (Wildman–Crippen LogP) is 5.69. The van der Waals surface area contributed by atoms with Crippen LogP contribution in [0.4, 0.5) is 11.4 Å². The molecule has 0 saturated heterocycles. The van der Waals surface area contributed by atoms with Gasteiger partial charge >= 0.3 is 5.97 Å². The molecule has 0 unspecified atom stereocenters. The summed E-state index contributed by atoms with van der Waals surface area (Å²) in [5.41, 5.74) is 3.07. The van der Waals surface area contributed by atoms with Crippen molar-refractivity contribution in [3.05, 3.63) is 119 Å². The number of hydrogen-bond acceptors (Lipinski definition) is 6. The Morgan fingerprint density at radius 2 is 1.46 bits per heavy atom. The minimum absolute atomic E-state index is 0.0629. The lowest BCUT2D eigenvalue weighted by Crippen LogP contribution is -2.30. The molecule has 4 aromatic rings. The number of ether oxygens (including phenoxy) is 2. The quantitative estimate of drug-likeness (QED) is 0.248. The average Bonchev–Trinajstić information content (AvgIpc) is 3.19. The lowest BCUT2D eigenvalue weighted by atomic mass is 10.1. The molecule has 8 nitrogen and oxygen atoms in total. The van der Waals surface area contributed by atoms with Crippen molar-refractivity contribution in [1.82, 2.24) is 0 Å². The van der Waals surface area contributed by atoms with Crippen LogP contribution < -0.4 is 15.0 Å². The largest absolute Gasteiger partial charge is 0.457 e. The number of anilines is 2. The Balaban J connectivity index is 1.20. The minimum Gasteiger partial charge on any atom is -0.457 e. The van der Waals surface area contributed by atoms with Gasteiger partial charge in [0.15, 0.2) is 6.61 Å². The van der Waals surface area contributed by atoms with Gasteiger partial charge in [-0.25, -0.2) is 9.69 Å². The van der Waals surface area contributed by atoms with Gasteiger partial charge in [0.05, 0.1) is 22.4 Å². The summed E-state index contributed by atoms with van der Waals surface area (Å²) in [4.78, 5) is 52.2. The van der Waals surface area contributed by atoms with E-state index in [2.05, 4.69) is 5.32 Å². The fourth-order valence-corrected chi connectivity index (χ4v) is 4.19. The maximum atomic E-state index is 13.1. The first-order valence-corrected chi connectivity index (χ1v) is 12.2. The Morgan fingerprint density at radius 3 is 2.21 bits per heavy atom. The summed E-state index contributed by atoms with van der Waals surface area (Å²) in [6.07, 6.45) is 0. The van der Waals surface area contributed by atoms with E-state index in [0.717, 1.165) is 16.0 Å². The summed E-state index contributed by atoms with van der Waals surface area (Å²) in [7, 11) is 0. The number of esters is 1. The number of carbonyl (C=O) groups excluding carboxylic acids is 4. The van der Waals surface area contributed by atoms with Crippen LogP contribution in [0.5, 0.6) is 11.5 Å². The van der Waals surface area contributed by atoms with Crippen LogP contribution in [-0.4, -0.2) is 30.3 Å². The van der Waals surface area contributed by atoms with Crippen LogP contribution in [0.1, 0.15) is 42.2 Å². The molecule has 4 aromatic carbocycles. The molecule has 1 N–H and O–H groups in total. The number of carbonyl (C=O) groups is 4. The number of fused-ring (bicyclic) bond motifs is 1. The number of amides is 3. The van der Waals surface area contributed by atoms with Crippen molar-refractivity contribution in [1.29, 1.82) is 0 Å². The second kappa shape index (κ2) is 10.6. The summed E-state index contributed by atoms with van der Waals surface area (Å²) >= 11 is 0. The van der Waals surface area contributed by atoms with Crippen molar-refractivity contribution < 1.29 is 28.7 Å². The van der Waals surface area contributed by atoms with E-state index in [-0.39, 0.29) is 16.7 Å². The Kier molecular flexibility index (Phi) is 6.93. The zero-order valence-electron chi connectivity index (χ0n) is 21.3. The van der Waals surface area contributed by atoms with Crippen molar-refractivity contribution in [3.63, 3.8) is 0 Å². The molecule has 1 aliphatic heterocycles. The fourth-order valence-electron chi connectivity index (χ4n) is 4.19. The van der Waals surface area contributed by atoms with Crippen molar-refractivity contribution >= 4 is 35.1 Å². The first-order valence-electron chi connectivity index (χ1n) is 12.2. The number of benzene rings is 4. The molecule has 0 spiro atoms. The maximum Gasteiger partial charge on any atom is 0.338 e. The second-order valence-corrected chi connectivity index (χ2v) is 9.06. The van der Waals surface area contributed by atoms with Crippen LogP contribution in [-0.2, 0) is 9.53 Å². The molecule has 1 aliphatic rings. The van der Waals surface area contributed by atoms with Gasteiger partial charge in [0.2, 0.25) is 0 Å². The minimum atomic E-state index is -0.787. The lowest BCUT2D eigenvalue weighted by molar-refractivity contribution is -0.119. The normalized spacial score (nSPS) is 12.2. The molecule has 3 amide bonds. The second-order valence-electron chi connectivity index (χ2n) is 9.06. The molecule has 1 heterocycles. The van der Waals surface area contributed by atoms with Gasteiger partial charge in [0.1, 0.15) is 11.5 Å². The Bertz CT molecular complexity index is 1600. The Labute approximate surface area is 224 Å². The number of aryl methyl sites for hydroxylation is 2. The van der Waals surface area contributed by atoms with Gasteiger partial charge in [-0.1, -0.05) is 30.3 Å². The molecule has 0 saturated carbocycles. The van der Waals surface area contributed by atoms with Crippen molar-refractivity contribution in [2.24, 2.45) is 0 Å². The molecular weight excluding hydrogens is 496 g/mol. The number of nitrogens with zero attached hydrogens (tertiary/aromatic N) is 1. The van der Waals surface area contributed by atoms with Crippen molar-refractivity contribution in [2.75, 3.05) is 16.8 Å². The molecule has 0 bridgehead atoms. The highest BCUT2D eigenvalue weighted by Gasteiger charge is 2.38. The van der Waals surface area contributed by atoms with E-state index in [1.54, 1.807) is 30.3 Å². The van der Waals surface area contributed by atoms with Crippen molar-refractivity contribution in [3.8, 4) is 11.5 Å². The molecule has 194 valence electrons. The van der Waals surface area contributed by atoms with E-state index in [9.17, 15) is 19.2 Å². The third-order valence-corrected chi connectivity index (χ3v) is 6.18. The molecule has 39 heavy (non-hydrogen) atoms. The zero-order valence-corrected chi connectivity index (χ0v) is 21.3. The summed E-state index contributed by atoms with van der Waals surface area (Å²) in [5, 5.41) is 2.65. The molecule has 5 rings (SSSR count). The van der Waals surface area contributed by atoms with E-state index in [1.165, 1.54) is 18.2 Å². The lowest BCUT2D eigenvalue weighted by Gasteiger charge is -2.17. The topological polar surface area (TPSA) is 102 Å². The van der Waals surface area contributed by atoms with Gasteiger partial charge in [-0.3, -0.25) is 14.4 Å². The van der Waals surface area contributed by atoms with Gasteiger partial charge in [-0.05, 0) is 85.6 Å². The summed E-state index contributed by atoms with van der Waals surface area (Å²) in [6.45, 7) is 3.17. The van der Waals surface area contributed by atoms with E-state index in [1.807, 2.05) is 56.3 Å². The smallest absolute Gasteiger partial charge is 0.338 e. The third kappa shape index (κ3) is 5.40. The molecule has 0 fully saturated rings. The number of nitrogens with one attached hydrogen (secondary N) is 1. The highest BCUT2D eigenvalue weighted by molar-refractivity contribution is 6.35. The maximum absolute atomic E-state index is 13.1. The SMILES string of the molecule is Cc1ccc(C)c(N2C(=O)c3ccc(C(=O)OCC(=O)Nc4ccc(Oc5ccccc5)cc4)cc3C2=O)c1. The summed E-state index contributed by atoms with van der Waals surface area (Å²) < 4.78 is 10.9. The van der Waals surface area contributed by atoms with Gasteiger partial charge in [0.25, 0.3) is 17.7 Å². The Morgan fingerprint density at radius 1 is 0.769 bits per heavy atom. The van der Waals surface area contributed by atoms with E-state index >= 15 is 0 Å². The van der Waals surface area contributed by atoms with Crippen LogP contribution in [0.3, 0.4) is 0 Å². The third-order valence-electron chi connectivity index (χ3n) is 6.18. The van der Waals surface area contributed by atoms with Crippen LogP contribution in [0, 0.1) is 13.8 Å². The van der Waals surface area contributed by atoms with Crippen molar-refractivity contribution in [2.45, 2.75) is 13.8 Å². The number of rotatable bonds is 7. The number of imide groups is 1. The van der Waals surface area contributed by atoms with Crippen LogP contribution in [0.25, 0.3) is 0 Å². The van der Waals surface area contributed by atoms with Crippen LogP contribution in [0.15, 0.2) is 91.0 Å². The molecule has 8 heteroatoms. The molecule has 0 atom stereocenters. The highest BCUT2D eigenvalue weighted by Crippen LogP contribution is 2.32. The molecule has 0 radical (unpaired) electrons. The highest BCUT2D eigenvalue weighted by atomic mass is 16.5. The van der Waals surface area contributed by atoms with Crippen LogP contribution >= 0.6 is 0 Å². The zero-order chi connectivity index (χ0) is 27.5. The number of hydrogen-bond donors (Lipinski definition) is 1. The molecule has 0 aromatic heterocycles. The van der Waals surface area contributed by atoms with E-state index in [4.69, 9.17) is 9.47 Å². The first kappa shape index (κ1) is 25.4. The molecule has 0 aliphatic carbocycles. The van der Waals surface area contributed by atoms with Gasteiger partial charge in [0, 0.05) is 5.69 Å².